The van der Waals surface area contributed by atoms with Crippen LogP contribution in [0.25, 0.3) is 22.5 Å². The maximum atomic E-state index is 13.1. The molecule has 0 amide bonds. The fourth-order valence-electron chi connectivity index (χ4n) is 2.78. The van der Waals surface area contributed by atoms with Crippen LogP contribution >= 0.6 is 11.3 Å². The largest absolute Gasteiger partial charge is 0.478 e. The second kappa shape index (κ2) is 6.89. The van der Waals surface area contributed by atoms with E-state index in [1.165, 1.54) is 17.6 Å². The molecule has 0 aliphatic carbocycles. The number of aryl methyl sites for hydroxylation is 2. The summed E-state index contributed by atoms with van der Waals surface area (Å²) in [4.78, 5) is 25.9. The average molecular weight is 380 g/mol. The highest BCUT2D eigenvalue weighted by Crippen LogP contribution is 2.32. The van der Waals surface area contributed by atoms with E-state index in [1.54, 1.807) is 30.3 Å². The van der Waals surface area contributed by atoms with E-state index in [0.29, 0.717) is 21.6 Å². The van der Waals surface area contributed by atoms with Crippen LogP contribution in [0.5, 0.6) is 5.75 Å². The quantitative estimate of drug-likeness (QED) is 0.456. The summed E-state index contributed by atoms with van der Waals surface area (Å²) in [5.74, 6) is 0.325. The minimum Gasteiger partial charge on any atom is -0.478 e. The zero-order chi connectivity index (χ0) is 19.0. The van der Waals surface area contributed by atoms with Crippen molar-refractivity contribution in [3.63, 3.8) is 0 Å². The Morgan fingerprint density at radius 2 is 1.96 bits per heavy atom. The van der Waals surface area contributed by atoms with Crippen molar-refractivity contribution in [2.45, 2.75) is 13.8 Å². The minimum absolute atomic E-state index is 0.0226. The van der Waals surface area contributed by atoms with Gasteiger partial charge in [-0.2, -0.15) is 0 Å². The van der Waals surface area contributed by atoms with Crippen LogP contribution in [0.1, 0.15) is 20.8 Å². The van der Waals surface area contributed by atoms with Gasteiger partial charge in [0.1, 0.15) is 5.58 Å². The molecule has 0 aliphatic heterocycles. The molecule has 1 aromatic carbocycles. The van der Waals surface area contributed by atoms with Gasteiger partial charge in [0.2, 0.25) is 22.7 Å². The molecule has 0 aliphatic rings. The third-order valence-corrected chi connectivity index (χ3v) is 5.26. The summed E-state index contributed by atoms with van der Waals surface area (Å²) in [5.41, 5.74) is 2.11. The van der Waals surface area contributed by atoms with Crippen molar-refractivity contribution < 1.29 is 18.4 Å². The topological polar surface area (TPSA) is 69.7 Å². The van der Waals surface area contributed by atoms with E-state index in [2.05, 4.69) is 0 Å². The summed E-state index contributed by atoms with van der Waals surface area (Å²) in [6.45, 7) is 3.62. The third-order valence-electron chi connectivity index (χ3n) is 4.35. The third kappa shape index (κ3) is 3.19. The number of hydrogen-bond acceptors (Lipinski definition) is 6. The number of ether oxygens (including phenoxy) is 1. The standard InChI is InChI=1S/C21H16O5S/c1-12-9-14-17(10-13(12)2)26-20(16-5-3-7-24-16)21(19(14)23)25-11-15(22)18-6-4-8-27-18/h3-10H,11H2,1-2H3. The van der Waals surface area contributed by atoms with Gasteiger partial charge in [0.15, 0.2) is 12.4 Å². The van der Waals surface area contributed by atoms with E-state index in [0.717, 1.165) is 11.1 Å². The van der Waals surface area contributed by atoms with Gasteiger partial charge in [-0.05, 0) is 60.7 Å². The van der Waals surface area contributed by atoms with Crippen molar-refractivity contribution in [3.8, 4) is 17.3 Å². The van der Waals surface area contributed by atoms with Crippen LogP contribution in [0, 0.1) is 13.8 Å². The number of carbonyl (C=O) groups excluding carboxylic acids is 1. The van der Waals surface area contributed by atoms with Gasteiger partial charge in [-0.15, -0.1) is 11.3 Å². The Balaban J connectivity index is 1.82. The lowest BCUT2D eigenvalue weighted by atomic mass is 10.1. The van der Waals surface area contributed by atoms with Crippen molar-refractivity contribution in [1.29, 1.82) is 0 Å². The van der Waals surface area contributed by atoms with E-state index in [4.69, 9.17) is 13.6 Å². The molecule has 3 heterocycles. The molecule has 0 fully saturated rings. The molecule has 5 nitrogen and oxygen atoms in total. The number of hydrogen-bond donors (Lipinski definition) is 0. The Morgan fingerprint density at radius 1 is 1.15 bits per heavy atom. The van der Waals surface area contributed by atoms with Gasteiger partial charge in [0.25, 0.3) is 0 Å². The van der Waals surface area contributed by atoms with E-state index in [1.807, 2.05) is 25.3 Å². The molecule has 4 rings (SSSR count). The van der Waals surface area contributed by atoms with Gasteiger partial charge >= 0.3 is 0 Å². The second-order valence-corrected chi connectivity index (χ2v) is 7.14. The zero-order valence-electron chi connectivity index (χ0n) is 14.8. The summed E-state index contributed by atoms with van der Waals surface area (Å²) < 4.78 is 17.0. The van der Waals surface area contributed by atoms with Gasteiger partial charge < -0.3 is 13.6 Å². The maximum Gasteiger partial charge on any atom is 0.235 e. The Hall–Kier alpha value is -3.12. The van der Waals surface area contributed by atoms with Crippen molar-refractivity contribution in [3.05, 3.63) is 74.3 Å². The minimum atomic E-state index is -0.329. The molecule has 0 radical (unpaired) electrons. The Morgan fingerprint density at radius 3 is 2.67 bits per heavy atom. The van der Waals surface area contributed by atoms with Gasteiger partial charge in [0.05, 0.1) is 16.5 Å². The van der Waals surface area contributed by atoms with E-state index in [-0.39, 0.29) is 29.3 Å². The van der Waals surface area contributed by atoms with Crippen molar-refractivity contribution in [2.24, 2.45) is 0 Å². The molecule has 4 aromatic rings. The molecule has 6 heteroatoms. The van der Waals surface area contributed by atoms with Gasteiger partial charge in [-0.1, -0.05) is 6.07 Å². The maximum absolute atomic E-state index is 13.1. The molecule has 0 N–H and O–H groups in total. The Bertz CT molecular complexity index is 1170. The Labute approximate surface area is 158 Å². The highest BCUT2D eigenvalue weighted by Gasteiger charge is 2.21. The SMILES string of the molecule is Cc1cc2oc(-c3ccco3)c(OCC(=O)c3cccs3)c(=O)c2cc1C. The summed E-state index contributed by atoms with van der Waals surface area (Å²) in [7, 11) is 0. The fraction of sp³-hybridized carbons (Fsp3) is 0.143. The van der Waals surface area contributed by atoms with Crippen LogP contribution < -0.4 is 10.2 Å². The first-order valence-corrected chi connectivity index (χ1v) is 9.24. The molecule has 136 valence electrons. The van der Waals surface area contributed by atoms with Crippen molar-refractivity contribution >= 4 is 28.1 Å². The molecule has 27 heavy (non-hydrogen) atoms. The summed E-state index contributed by atoms with van der Waals surface area (Å²) >= 11 is 1.33. The molecular weight excluding hydrogens is 364 g/mol. The molecule has 0 unspecified atom stereocenters. The summed E-state index contributed by atoms with van der Waals surface area (Å²) in [5, 5.41) is 2.23. The normalized spacial score (nSPS) is 11.0. The van der Waals surface area contributed by atoms with Crippen LogP contribution in [0.3, 0.4) is 0 Å². The average Bonchev–Trinajstić information content (AvgIpc) is 3.36. The lowest BCUT2D eigenvalue weighted by molar-refractivity contribution is 0.0924. The van der Waals surface area contributed by atoms with E-state index >= 15 is 0 Å². The number of Topliss-reactive ketones (excluding diaryl/α,β-unsaturated/α-hetero) is 1. The van der Waals surface area contributed by atoms with Crippen LogP contribution in [0.4, 0.5) is 0 Å². The molecule has 0 saturated heterocycles. The fourth-order valence-corrected chi connectivity index (χ4v) is 3.43. The molecule has 3 aromatic heterocycles. The van der Waals surface area contributed by atoms with Crippen molar-refractivity contribution in [2.75, 3.05) is 6.61 Å². The number of ketones is 1. The first kappa shape index (κ1) is 17.3. The van der Waals surface area contributed by atoms with Gasteiger partial charge in [0, 0.05) is 0 Å². The van der Waals surface area contributed by atoms with Gasteiger partial charge in [-0.3, -0.25) is 9.59 Å². The highest BCUT2D eigenvalue weighted by atomic mass is 32.1. The second-order valence-electron chi connectivity index (χ2n) is 6.19. The smallest absolute Gasteiger partial charge is 0.235 e. The van der Waals surface area contributed by atoms with Crippen LogP contribution in [0.2, 0.25) is 0 Å². The van der Waals surface area contributed by atoms with Crippen LogP contribution in [0.15, 0.2) is 61.7 Å². The molecule has 0 bridgehead atoms. The monoisotopic (exact) mass is 380 g/mol. The van der Waals surface area contributed by atoms with E-state index < -0.39 is 0 Å². The Kier molecular flexibility index (Phi) is 4.41. The lowest BCUT2D eigenvalue weighted by Gasteiger charge is -2.11. The number of benzene rings is 1. The number of furan rings is 1. The van der Waals surface area contributed by atoms with Crippen LogP contribution in [-0.4, -0.2) is 12.4 Å². The molecule has 0 spiro atoms. The molecule has 0 atom stereocenters. The summed E-state index contributed by atoms with van der Waals surface area (Å²) in [6.07, 6.45) is 1.49. The van der Waals surface area contributed by atoms with Gasteiger partial charge in [-0.25, -0.2) is 0 Å². The predicted molar refractivity (Wildman–Crippen MR) is 104 cm³/mol. The molecule has 0 saturated carbocycles. The number of fused-ring (bicyclic) bond motifs is 1. The number of rotatable bonds is 5. The first-order chi connectivity index (χ1) is 13.0. The van der Waals surface area contributed by atoms with E-state index in [9.17, 15) is 9.59 Å². The zero-order valence-corrected chi connectivity index (χ0v) is 15.6. The highest BCUT2D eigenvalue weighted by molar-refractivity contribution is 7.12. The lowest BCUT2D eigenvalue weighted by Crippen LogP contribution is -2.16. The number of carbonyl (C=O) groups is 1. The number of thiophene rings is 1. The van der Waals surface area contributed by atoms with Crippen molar-refractivity contribution in [1.82, 2.24) is 0 Å². The summed E-state index contributed by atoms with van der Waals surface area (Å²) in [6, 6.07) is 10.5. The first-order valence-electron chi connectivity index (χ1n) is 8.36. The van der Waals surface area contributed by atoms with Crippen LogP contribution in [-0.2, 0) is 0 Å². The molecular formula is C21H16O5S. The predicted octanol–water partition coefficient (Wildman–Crippen LogP) is 4.99.